The molecule has 4 nitrogen and oxygen atoms in total. The molecule has 5 heteroatoms. The van der Waals surface area contributed by atoms with Crippen LogP contribution in [0, 0.1) is 0 Å². The fourth-order valence-electron chi connectivity index (χ4n) is 1.79. The van der Waals surface area contributed by atoms with Crippen molar-refractivity contribution in [2.24, 2.45) is 0 Å². The number of carbonyl (C=O) groups excluding carboxylic acids is 1. The summed E-state index contributed by atoms with van der Waals surface area (Å²) in [6.07, 6.45) is 0.863. The van der Waals surface area contributed by atoms with E-state index in [0.29, 0.717) is 11.3 Å². The topological polar surface area (TPSA) is 63.2 Å². The van der Waals surface area contributed by atoms with E-state index in [4.69, 9.17) is 0 Å². The van der Waals surface area contributed by atoms with Crippen molar-refractivity contribution in [3.05, 3.63) is 23.8 Å². The summed E-state index contributed by atoms with van der Waals surface area (Å²) in [6, 6.07) is 4.80. The van der Waals surface area contributed by atoms with Gasteiger partial charge in [0.25, 0.3) is 0 Å². The standard InChI is InChI=1S/C11H13NO3S/c1-2-5-16(14,15)9-3-4-10-8(6-9)7-11(13)12-10/h3-4,6H,2,5,7H2,1H3,(H,12,13). The van der Waals surface area contributed by atoms with Crippen molar-refractivity contribution in [1.82, 2.24) is 0 Å². The summed E-state index contributed by atoms with van der Waals surface area (Å²) >= 11 is 0. The molecule has 1 aromatic carbocycles. The van der Waals surface area contributed by atoms with Gasteiger partial charge >= 0.3 is 0 Å². The van der Waals surface area contributed by atoms with Crippen molar-refractivity contribution < 1.29 is 13.2 Å². The van der Waals surface area contributed by atoms with Gasteiger partial charge in [-0.1, -0.05) is 6.92 Å². The van der Waals surface area contributed by atoms with Gasteiger partial charge in [0.1, 0.15) is 0 Å². The van der Waals surface area contributed by atoms with E-state index in [0.717, 1.165) is 11.3 Å². The van der Waals surface area contributed by atoms with Crippen LogP contribution >= 0.6 is 0 Å². The first kappa shape index (κ1) is 11.1. The maximum Gasteiger partial charge on any atom is 0.228 e. The molecule has 2 rings (SSSR count). The molecule has 0 atom stereocenters. The maximum absolute atomic E-state index is 11.8. The second-order valence-corrected chi connectivity index (χ2v) is 5.97. The Morgan fingerprint density at radius 1 is 1.38 bits per heavy atom. The van der Waals surface area contributed by atoms with Gasteiger partial charge in [0, 0.05) is 5.69 Å². The Hall–Kier alpha value is -1.36. The summed E-state index contributed by atoms with van der Waals surface area (Å²) in [4.78, 5) is 11.4. The third-order valence-electron chi connectivity index (χ3n) is 2.53. The molecule has 1 aromatic rings. The van der Waals surface area contributed by atoms with Crippen LogP contribution < -0.4 is 5.32 Å². The molecule has 0 aromatic heterocycles. The fraction of sp³-hybridized carbons (Fsp3) is 0.364. The van der Waals surface area contributed by atoms with E-state index < -0.39 is 9.84 Å². The number of sulfone groups is 1. The number of rotatable bonds is 3. The van der Waals surface area contributed by atoms with Crippen LogP contribution in [0.3, 0.4) is 0 Å². The molecule has 1 amide bonds. The Morgan fingerprint density at radius 3 is 2.81 bits per heavy atom. The Kier molecular flexibility index (Phi) is 2.71. The van der Waals surface area contributed by atoms with E-state index in [1.165, 1.54) is 0 Å². The molecule has 0 radical (unpaired) electrons. The minimum atomic E-state index is -3.19. The average Bonchev–Trinajstić information content (AvgIpc) is 2.56. The first-order valence-electron chi connectivity index (χ1n) is 5.18. The number of nitrogens with one attached hydrogen (secondary N) is 1. The van der Waals surface area contributed by atoms with Crippen molar-refractivity contribution in [3.8, 4) is 0 Å². The van der Waals surface area contributed by atoms with Gasteiger partial charge in [0.2, 0.25) is 5.91 Å². The summed E-state index contributed by atoms with van der Waals surface area (Å²) in [7, 11) is -3.19. The molecule has 0 spiro atoms. The van der Waals surface area contributed by atoms with Crippen LogP contribution in [0.1, 0.15) is 18.9 Å². The van der Waals surface area contributed by atoms with Crippen molar-refractivity contribution in [3.63, 3.8) is 0 Å². The smallest absolute Gasteiger partial charge is 0.228 e. The second kappa shape index (κ2) is 3.90. The Balaban J connectivity index is 2.40. The molecule has 1 aliphatic rings. The number of anilines is 1. The van der Waals surface area contributed by atoms with Crippen LogP contribution in [0.2, 0.25) is 0 Å². The zero-order chi connectivity index (χ0) is 11.8. The molecular formula is C11H13NO3S. The second-order valence-electron chi connectivity index (χ2n) is 3.86. The highest BCUT2D eigenvalue weighted by atomic mass is 32.2. The summed E-state index contributed by atoms with van der Waals surface area (Å²) < 4.78 is 23.6. The lowest BCUT2D eigenvalue weighted by atomic mass is 10.2. The van der Waals surface area contributed by atoms with E-state index in [2.05, 4.69) is 5.32 Å². The monoisotopic (exact) mass is 239 g/mol. The lowest BCUT2D eigenvalue weighted by Crippen LogP contribution is -2.06. The Morgan fingerprint density at radius 2 is 2.12 bits per heavy atom. The van der Waals surface area contributed by atoms with Gasteiger partial charge in [-0.05, 0) is 30.2 Å². The predicted octanol–water partition coefficient (Wildman–Crippen LogP) is 1.36. The lowest BCUT2D eigenvalue weighted by molar-refractivity contribution is -0.115. The van der Waals surface area contributed by atoms with Crippen molar-refractivity contribution >= 4 is 21.4 Å². The normalized spacial score (nSPS) is 14.7. The van der Waals surface area contributed by atoms with Gasteiger partial charge in [-0.2, -0.15) is 0 Å². The summed E-state index contributed by atoms with van der Waals surface area (Å²) in [5, 5.41) is 2.67. The molecular weight excluding hydrogens is 226 g/mol. The third-order valence-corrected chi connectivity index (χ3v) is 4.45. The number of hydrogen-bond donors (Lipinski definition) is 1. The van der Waals surface area contributed by atoms with Crippen LogP contribution in [0.5, 0.6) is 0 Å². The quantitative estimate of drug-likeness (QED) is 0.866. The zero-order valence-corrected chi connectivity index (χ0v) is 9.80. The molecule has 1 heterocycles. The van der Waals surface area contributed by atoms with E-state index in [1.54, 1.807) is 18.2 Å². The molecule has 1 N–H and O–H groups in total. The van der Waals surface area contributed by atoms with Crippen molar-refractivity contribution in [2.45, 2.75) is 24.7 Å². The van der Waals surface area contributed by atoms with Gasteiger partial charge in [-0.15, -0.1) is 0 Å². The summed E-state index contributed by atoms with van der Waals surface area (Å²) in [5.74, 6) is 0.0627. The molecule has 0 saturated heterocycles. The van der Waals surface area contributed by atoms with Crippen LogP contribution in [0.15, 0.2) is 23.1 Å². The Labute approximate surface area is 94.6 Å². The minimum absolute atomic E-state index is 0.0833. The number of carbonyl (C=O) groups is 1. The van der Waals surface area contributed by atoms with Gasteiger partial charge in [-0.25, -0.2) is 8.42 Å². The van der Waals surface area contributed by atoms with E-state index >= 15 is 0 Å². The summed E-state index contributed by atoms with van der Waals surface area (Å²) in [6.45, 7) is 1.83. The highest BCUT2D eigenvalue weighted by Crippen LogP contribution is 2.26. The number of hydrogen-bond acceptors (Lipinski definition) is 3. The summed E-state index contributed by atoms with van der Waals surface area (Å²) in [5.41, 5.74) is 1.49. The SMILES string of the molecule is CCCS(=O)(=O)c1ccc2c(c1)CC(=O)N2. The van der Waals surface area contributed by atoms with Gasteiger partial charge in [0.15, 0.2) is 9.84 Å². The molecule has 0 fully saturated rings. The predicted molar refractivity (Wildman–Crippen MR) is 61.1 cm³/mol. The first-order chi connectivity index (χ1) is 7.53. The highest BCUT2D eigenvalue weighted by Gasteiger charge is 2.21. The minimum Gasteiger partial charge on any atom is -0.326 e. The van der Waals surface area contributed by atoms with Gasteiger partial charge in [-0.3, -0.25) is 4.79 Å². The fourth-order valence-corrected chi connectivity index (χ4v) is 3.16. The van der Waals surface area contributed by atoms with Crippen molar-refractivity contribution in [1.29, 1.82) is 0 Å². The van der Waals surface area contributed by atoms with Crippen LogP contribution in [-0.2, 0) is 21.1 Å². The molecule has 16 heavy (non-hydrogen) atoms. The Bertz CT molecular complexity index is 534. The molecule has 1 aliphatic heterocycles. The molecule has 0 bridgehead atoms. The molecule has 0 saturated carbocycles. The lowest BCUT2D eigenvalue weighted by Gasteiger charge is -2.04. The number of amides is 1. The molecule has 0 unspecified atom stereocenters. The largest absolute Gasteiger partial charge is 0.326 e. The number of benzene rings is 1. The zero-order valence-electron chi connectivity index (χ0n) is 8.99. The molecule has 0 aliphatic carbocycles. The van der Waals surface area contributed by atoms with Crippen LogP contribution in [0.4, 0.5) is 5.69 Å². The van der Waals surface area contributed by atoms with E-state index in [9.17, 15) is 13.2 Å². The number of fused-ring (bicyclic) bond motifs is 1. The van der Waals surface area contributed by atoms with Crippen molar-refractivity contribution in [2.75, 3.05) is 11.1 Å². The van der Waals surface area contributed by atoms with Gasteiger partial charge in [0.05, 0.1) is 17.1 Å². The van der Waals surface area contributed by atoms with Crippen LogP contribution in [-0.4, -0.2) is 20.1 Å². The first-order valence-corrected chi connectivity index (χ1v) is 6.83. The van der Waals surface area contributed by atoms with Gasteiger partial charge < -0.3 is 5.32 Å². The highest BCUT2D eigenvalue weighted by molar-refractivity contribution is 7.91. The molecule has 86 valence electrons. The van der Waals surface area contributed by atoms with Crippen LogP contribution in [0.25, 0.3) is 0 Å². The van der Waals surface area contributed by atoms with E-state index in [1.807, 2.05) is 6.92 Å². The third kappa shape index (κ3) is 1.95. The maximum atomic E-state index is 11.8. The van der Waals surface area contributed by atoms with E-state index in [-0.39, 0.29) is 18.1 Å². The average molecular weight is 239 g/mol.